The average molecular weight is 354 g/mol. The second-order valence-corrected chi connectivity index (χ2v) is 7.77. The summed E-state index contributed by atoms with van der Waals surface area (Å²) in [4.78, 5) is 25.9. The number of alkyl carbamates (subject to hydrolysis) is 1. The number of hydrogen-bond donors (Lipinski definition) is 1. The number of carbonyl (C=O) groups is 2. The van der Waals surface area contributed by atoms with Gasteiger partial charge in [-0.25, -0.2) is 13.2 Å². The molecule has 2 amide bonds. The van der Waals surface area contributed by atoms with Crippen LogP contribution in [0.1, 0.15) is 30.1 Å². The number of rotatable bonds is 4. The predicted molar refractivity (Wildman–Crippen MR) is 88.6 cm³/mol. The predicted octanol–water partition coefficient (Wildman–Crippen LogP) is 1.44. The normalized spacial score (nSPS) is 18.1. The number of nitrogens with one attached hydrogen (secondary N) is 1. The molecule has 1 N–H and O–H groups in total. The smallest absolute Gasteiger partial charge is 0.407 e. The molecular formula is C16H22N2O5S. The largest absolute Gasteiger partial charge is 0.450 e. The van der Waals surface area contributed by atoms with Crippen molar-refractivity contribution in [1.82, 2.24) is 10.2 Å². The Kier molecular flexibility index (Phi) is 5.82. The van der Waals surface area contributed by atoms with Crippen LogP contribution in [0.2, 0.25) is 0 Å². The molecule has 0 saturated carbocycles. The molecule has 132 valence electrons. The van der Waals surface area contributed by atoms with Crippen LogP contribution in [0.15, 0.2) is 29.2 Å². The zero-order valence-electron chi connectivity index (χ0n) is 13.8. The summed E-state index contributed by atoms with van der Waals surface area (Å²) in [6, 6.07) is 5.75. The molecule has 0 aliphatic carbocycles. The fourth-order valence-corrected chi connectivity index (χ4v) is 3.28. The van der Waals surface area contributed by atoms with Crippen LogP contribution in [0.4, 0.5) is 4.79 Å². The lowest BCUT2D eigenvalue weighted by Crippen LogP contribution is -2.49. The molecule has 24 heavy (non-hydrogen) atoms. The molecule has 1 saturated heterocycles. The van der Waals surface area contributed by atoms with E-state index in [-0.39, 0.29) is 16.8 Å². The zero-order chi connectivity index (χ0) is 17.7. The van der Waals surface area contributed by atoms with Crippen LogP contribution in [0.25, 0.3) is 0 Å². The number of sulfone groups is 1. The van der Waals surface area contributed by atoms with Gasteiger partial charge in [0.1, 0.15) is 0 Å². The first-order chi connectivity index (χ1) is 11.3. The van der Waals surface area contributed by atoms with E-state index >= 15 is 0 Å². The highest BCUT2D eigenvalue weighted by Gasteiger charge is 2.26. The maximum Gasteiger partial charge on any atom is 0.407 e. The van der Waals surface area contributed by atoms with Gasteiger partial charge in [-0.1, -0.05) is 0 Å². The molecule has 7 nitrogen and oxygen atoms in total. The van der Waals surface area contributed by atoms with E-state index in [9.17, 15) is 18.0 Å². The van der Waals surface area contributed by atoms with Gasteiger partial charge in [-0.15, -0.1) is 0 Å². The number of nitrogens with zero attached hydrogens (tertiary/aromatic N) is 1. The SMILES string of the molecule is CCOC(=O)NC1CCCN(C(=O)c2ccc(S(C)(=O)=O)cc2)C1. The molecule has 1 aromatic rings. The Bertz CT molecular complexity index is 700. The van der Waals surface area contributed by atoms with Crippen LogP contribution < -0.4 is 5.32 Å². The van der Waals surface area contributed by atoms with Crippen molar-refractivity contribution in [3.05, 3.63) is 29.8 Å². The first kappa shape index (κ1) is 18.3. The van der Waals surface area contributed by atoms with Gasteiger partial charge >= 0.3 is 6.09 Å². The summed E-state index contributed by atoms with van der Waals surface area (Å²) in [6.45, 7) is 3.05. The lowest BCUT2D eigenvalue weighted by molar-refractivity contribution is 0.0686. The van der Waals surface area contributed by atoms with Gasteiger partial charge in [0.25, 0.3) is 5.91 Å². The second kappa shape index (κ2) is 7.65. The lowest BCUT2D eigenvalue weighted by Gasteiger charge is -2.33. The molecule has 1 aliphatic heterocycles. The van der Waals surface area contributed by atoms with Crippen LogP contribution in [-0.4, -0.2) is 57.3 Å². The molecule has 1 heterocycles. The van der Waals surface area contributed by atoms with E-state index in [2.05, 4.69) is 5.32 Å². The maximum atomic E-state index is 12.6. The maximum absolute atomic E-state index is 12.6. The van der Waals surface area contributed by atoms with Crippen molar-refractivity contribution in [1.29, 1.82) is 0 Å². The number of amides is 2. The van der Waals surface area contributed by atoms with Crippen LogP contribution in [-0.2, 0) is 14.6 Å². The molecule has 1 unspecified atom stereocenters. The molecule has 0 spiro atoms. The van der Waals surface area contributed by atoms with E-state index in [1.807, 2.05) is 0 Å². The number of ether oxygens (including phenoxy) is 1. The summed E-state index contributed by atoms with van der Waals surface area (Å²) < 4.78 is 27.8. The summed E-state index contributed by atoms with van der Waals surface area (Å²) in [6.07, 6.45) is 2.22. The van der Waals surface area contributed by atoms with Gasteiger partial charge in [0.2, 0.25) is 0 Å². The highest BCUT2D eigenvalue weighted by molar-refractivity contribution is 7.90. The van der Waals surface area contributed by atoms with Gasteiger partial charge in [-0.2, -0.15) is 0 Å². The van der Waals surface area contributed by atoms with Crippen LogP contribution >= 0.6 is 0 Å². The van der Waals surface area contributed by atoms with Crippen molar-refractivity contribution in [2.24, 2.45) is 0 Å². The van der Waals surface area contributed by atoms with Crippen LogP contribution in [0.3, 0.4) is 0 Å². The molecule has 0 radical (unpaired) electrons. The van der Waals surface area contributed by atoms with E-state index in [1.165, 1.54) is 24.3 Å². The van der Waals surface area contributed by atoms with E-state index in [4.69, 9.17) is 4.74 Å². The van der Waals surface area contributed by atoms with Gasteiger partial charge in [-0.3, -0.25) is 4.79 Å². The zero-order valence-corrected chi connectivity index (χ0v) is 14.6. The Balaban J connectivity index is 2.02. The van der Waals surface area contributed by atoms with Gasteiger partial charge in [0.05, 0.1) is 11.5 Å². The molecule has 0 bridgehead atoms. The third kappa shape index (κ3) is 4.70. The minimum absolute atomic E-state index is 0.142. The monoisotopic (exact) mass is 354 g/mol. The number of benzene rings is 1. The summed E-state index contributed by atoms with van der Waals surface area (Å²) in [5.74, 6) is -0.176. The van der Waals surface area contributed by atoms with Crippen molar-refractivity contribution >= 4 is 21.8 Å². The van der Waals surface area contributed by atoms with E-state index in [0.717, 1.165) is 19.1 Å². The highest BCUT2D eigenvalue weighted by Crippen LogP contribution is 2.16. The van der Waals surface area contributed by atoms with E-state index < -0.39 is 15.9 Å². The highest BCUT2D eigenvalue weighted by atomic mass is 32.2. The molecule has 1 atom stereocenters. The van der Waals surface area contributed by atoms with Gasteiger partial charge in [0.15, 0.2) is 9.84 Å². The Morgan fingerprint density at radius 3 is 2.54 bits per heavy atom. The van der Waals surface area contributed by atoms with Crippen LogP contribution in [0.5, 0.6) is 0 Å². The Morgan fingerprint density at radius 1 is 1.29 bits per heavy atom. The van der Waals surface area contributed by atoms with Crippen molar-refractivity contribution in [3.63, 3.8) is 0 Å². The standard InChI is InChI=1S/C16H22N2O5S/c1-3-23-16(20)17-13-5-4-10-18(11-13)15(19)12-6-8-14(9-7-12)24(2,21)22/h6-9,13H,3-5,10-11H2,1-2H3,(H,17,20). The summed E-state index contributed by atoms with van der Waals surface area (Å²) >= 11 is 0. The first-order valence-corrected chi connectivity index (χ1v) is 9.73. The summed E-state index contributed by atoms with van der Waals surface area (Å²) in [5, 5.41) is 2.75. The average Bonchev–Trinajstić information content (AvgIpc) is 2.54. The number of piperidine rings is 1. The van der Waals surface area contributed by atoms with Crippen molar-refractivity contribution in [2.75, 3.05) is 26.0 Å². The summed E-state index contributed by atoms with van der Waals surface area (Å²) in [5.41, 5.74) is 0.430. The molecule has 8 heteroatoms. The fourth-order valence-electron chi connectivity index (χ4n) is 2.65. The van der Waals surface area contributed by atoms with Gasteiger partial charge in [0, 0.05) is 31.0 Å². The Labute approximate surface area is 141 Å². The number of carbonyl (C=O) groups excluding carboxylic acids is 2. The van der Waals surface area contributed by atoms with Crippen molar-refractivity contribution < 1.29 is 22.7 Å². The Morgan fingerprint density at radius 2 is 1.96 bits per heavy atom. The quantitative estimate of drug-likeness (QED) is 0.883. The number of hydrogen-bond acceptors (Lipinski definition) is 5. The third-order valence-electron chi connectivity index (χ3n) is 3.84. The van der Waals surface area contributed by atoms with Gasteiger partial charge in [-0.05, 0) is 44.0 Å². The number of likely N-dealkylation sites (tertiary alicyclic amines) is 1. The topological polar surface area (TPSA) is 92.8 Å². The molecule has 2 rings (SSSR count). The molecule has 1 aromatic carbocycles. The first-order valence-electron chi connectivity index (χ1n) is 7.84. The third-order valence-corrected chi connectivity index (χ3v) is 4.96. The molecule has 0 aromatic heterocycles. The second-order valence-electron chi connectivity index (χ2n) is 5.75. The van der Waals surface area contributed by atoms with Crippen molar-refractivity contribution in [3.8, 4) is 0 Å². The lowest BCUT2D eigenvalue weighted by atomic mass is 10.0. The minimum Gasteiger partial charge on any atom is -0.450 e. The van der Waals surface area contributed by atoms with Crippen LogP contribution in [0, 0.1) is 0 Å². The molecule has 1 aliphatic rings. The summed E-state index contributed by atoms with van der Waals surface area (Å²) in [7, 11) is -3.28. The Hall–Kier alpha value is -2.09. The van der Waals surface area contributed by atoms with Gasteiger partial charge < -0.3 is 15.0 Å². The fraction of sp³-hybridized carbons (Fsp3) is 0.500. The molecular weight excluding hydrogens is 332 g/mol. The molecule has 1 fully saturated rings. The minimum atomic E-state index is -3.28. The van der Waals surface area contributed by atoms with Crippen molar-refractivity contribution in [2.45, 2.75) is 30.7 Å². The van der Waals surface area contributed by atoms with E-state index in [0.29, 0.717) is 25.3 Å². The van der Waals surface area contributed by atoms with E-state index in [1.54, 1.807) is 11.8 Å².